The van der Waals surface area contributed by atoms with Gasteiger partial charge in [-0.25, -0.2) is 4.98 Å². The van der Waals surface area contributed by atoms with Crippen LogP contribution in [0.4, 0.5) is 5.82 Å². The monoisotopic (exact) mass is 298 g/mol. The highest BCUT2D eigenvalue weighted by atomic mass is 79.9. The largest absolute Gasteiger partial charge is 0.385 e. The molecule has 2 heterocycles. The number of hydrogen-bond donors (Lipinski definition) is 2. The van der Waals surface area contributed by atoms with Crippen LogP contribution in [0.25, 0.3) is 0 Å². The summed E-state index contributed by atoms with van der Waals surface area (Å²) in [6, 6.07) is 2.03. The topological polar surface area (TPSA) is 75.2 Å². The summed E-state index contributed by atoms with van der Waals surface area (Å²) in [7, 11) is 0. The molecule has 0 aromatic carbocycles. The quantitative estimate of drug-likeness (QED) is 0.637. The number of halogens is 1. The molecule has 1 fully saturated rings. The summed E-state index contributed by atoms with van der Waals surface area (Å²) in [6.45, 7) is 3.90. The molecule has 1 aliphatic rings. The predicted molar refractivity (Wildman–Crippen MR) is 70.5 cm³/mol. The zero-order chi connectivity index (χ0) is 12.4. The van der Waals surface area contributed by atoms with Gasteiger partial charge in [-0.2, -0.15) is 0 Å². The van der Waals surface area contributed by atoms with Crippen molar-refractivity contribution in [3.05, 3.63) is 22.3 Å². The Morgan fingerprint density at radius 2 is 2.47 bits per heavy atom. The number of hydrogen-bond acceptors (Lipinski definition) is 4. The number of rotatable bonds is 2. The Bertz CT molecular complexity index is 437. The average molecular weight is 299 g/mol. The van der Waals surface area contributed by atoms with Crippen LogP contribution < -0.4 is 10.6 Å². The SMILES string of the molecule is Cc1cnc(N2CCOC(C(=N)N)C2)c(Br)c1. The number of amidine groups is 1. The van der Waals surface area contributed by atoms with Crippen LogP contribution in [-0.2, 0) is 4.74 Å². The van der Waals surface area contributed by atoms with Crippen LogP contribution in [0.5, 0.6) is 0 Å². The van der Waals surface area contributed by atoms with Gasteiger partial charge in [-0.1, -0.05) is 0 Å². The fourth-order valence-electron chi connectivity index (χ4n) is 1.79. The summed E-state index contributed by atoms with van der Waals surface area (Å²) in [4.78, 5) is 6.49. The molecule has 1 aromatic heterocycles. The third-order valence-electron chi connectivity index (χ3n) is 2.67. The van der Waals surface area contributed by atoms with E-state index in [2.05, 4.69) is 25.8 Å². The number of ether oxygens (including phenoxy) is 1. The third-order valence-corrected chi connectivity index (χ3v) is 3.25. The number of aromatic nitrogens is 1. The van der Waals surface area contributed by atoms with Crippen LogP contribution in [0.2, 0.25) is 0 Å². The van der Waals surface area contributed by atoms with Crippen molar-refractivity contribution in [3.63, 3.8) is 0 Å². The number of morpholine rings is 1. The molecule has 0 aliphatic carbocycles. The third kappa shape index (κ3) is 2.76. The number of anilines is 1. The second kappa shape index (κ2) is 5.01. The van der Waals surface area contributed by atoms with Crippen molar-refractivity contribution in [2.45, 2.75) is 13.0 Å². The molecule has 1 aromatic rings. The van der Waals surface area contributed by atoms with E-state index in [1.807, 2.05) is 19.2 Å². The van der Waals surface area contributed by atoms with Crippen LogP contribution in [0, 0.1) is 12.3 Å². The van der Waals surface area contributed by atoms with Crippen molar-refractivity contribution in [1.82, 2.24) is 4.98 Å². The second-order valence-corrected chi connectivity index (χ2v) is 4.93. The molecule has 1 unspecified atom stereocenters. The van der Waals surface area contributed by atoms with Gasteiger partial charge in [0, 0.05) is 12.7 Å². The van der Waals surface area contributed by atoms with Gasteiger partial charge in [0.25, 0.3) is 0 Å². The highest BCUT2D eigenvalue weighted by Crippen LogP contribution is 2.25. The van der Waals surface area contributed by atoms with Crippen LogP contribution in [0.15, 0.2) is 16.7 Å². The van der Waals surface area contributed by atoms with Crippen molar-refractivity contribution in [3.8, 4) is 0 Å². The molecule has 0 amide bonds. The maximum Gasteiger partial charge on any atom is 0.143 e. The van der Waals surface area contributed by atoms with Crippen molar-refractivity contribution in [2.75, 3.05) is 24.6 Å². The Morgan fingerprint density at radius 1 is 1.71 bits per heavy atom. The Labute approximate surface area is 109 Å². The lowest BCUT2D eigenvalue weighted by Crippen LogP contribution is -2.48. The van der Waals surface area contributed by atoms with Crippen LogP contribution in [0.3, 0.4) is 0 Å². The van der Waals surface area contributed by atoms with E-state index >= 15 is 0 Å². The molecule has 0 radical (unpaired) electrons. The van der Waals surface area contributed by atoms with Crippen LogP contribution in [0.1, 0.15) is 5.56 Å². The first-order valence-corrected chi connectivity index (χ1v) is 6.20. The van der Waals surface area contributed by atoms with Gasteiger partial charge in [0.05, 0.1) is 17.6 Å². The van der Waals surface area contributed by atoms with E-state index in [1.54, 1.807) is 0 Å². The minimum absolute atomic E-state index is 0.0675. The summed E-state index contributed by atoms with van der Waals surface area (Å²) in [5.41, 5.74) is 6.58. The first-order valence-electron chi connectivity index (χ1n) is 5.40. The maximum absolute atomic E-state index is 7.42. The van der Waals surface area contributed by atoms with E-state index < -0.39 is 0 Å². The molecule has 0 bridgehead atoms. The van der Waals surface area contributed by atoms with Gasteiger partial charge in [0.15, 0.2) is 0 Å². The number of nitrogens with zero attached hydrogens (tertiary/aromatic N) is 2. The maximum atomic E-state index is 7.42. The standard InChI is InChI=1S/C11H15BrN4O/c1-7-4-8(12)11(15-5-7)16-2-3-17-9(6-16)10(13)14/h4-5,9H,2-3,6H2,1H3,(H3,13,14). The van der Waals surface area contributed by atoms with E-state index in [1.165, 1.54) is 0 Å². The van der Waals surface area contributed by atoms with Crippen molar-refractivity contribution in [1.29, 1.82) is 5.41 Å². The van der Waals surface area contributed by atoms with Crippen LogP contribution >= 0.6 is 15.9 Å². The highest BCUT2D eigenvalue weighted by Gasteiger charge is 2.24. The zero-order valence-electron chi connectivity index (χ0n) is 9.61. The molecule has 17 heavy (non-hydrogen) atoms. The summed E-state index contributed by atoms with van der Waals surface area (Å²) in [5, 5.41) is 7.42. The Morgan fingerprint density at radius 3 is 3.12 bits per heavy atom. The molecular formula is C11H15BrN4O. The first-order chi connectivity index (χ1) is 8.08. The minimum Gasteiger partial charge on any atom is -0.385 e. The Kier molecular flexibility index (Phi) is 3.63. The van der Waals surface area contributed by atoms with Gasteiger partial charge in [-0.05, 0) is 34.5 Å². The van der Waals surface area contributed by atoms with Crippen molar-refractivity contribution >= 4 is 27.6 Å². The molecule has 5 nitrogen and oxygen atoms in total. The average Bonchev–Trinajstić information content (AvgIpc) is 2.29. The number of nitrogens with two attached hydrogens (primary N) is 1. The van der Waals surface area contributed by atoms with Gasteiger partial charge in [-0.3, -0.25) is 5.41 Å². The molecule has 0 saturated carbocycles. The molecule has 3 N–H and O–H groups in total. The van der Waals surface area contributed by atoms with Crippen molar-refractivity contribution < 1.29 is 4.74 Å². The molecule has 2 rings (SSSR count). The summed E-state index contributed by atoms with van der Waals surface area (Å²) < 4.78 is 6.38. The highest BCUT2D eigenvalue weighted by molar-refractivity contribution is 9.10. The van der Waals surface area contributed by atoms with Gasteiger partial charge >= 0.3 is 0 Å². The van der Waals surface area contributed by atoms with E-state index in [4.69, 9.17) is 15.9 Å². The molecule has 1 saturated heterocycles. The van der Waals surface area contributed by atoms with E-state index in [0.29, 0.717) is 13.2 Å². The Balaban J connectivity index is 2.19. The molecule has 1 aliphatic heterocycles. The summed E-state index contributed by atoms with van der Waals surface area (Å²) in [6.07, 6.45) is 1.50. The molecular weight excluding hydrogens is 284 g/mol. The lowest BCUT2D eigenvalue weighted by Gasteiger charge is -2.33. The van der Waals surface area contributed by atoms with Gasteiger partial charge < -0.3 is 15.4 Å². The van der Waals surface area contributed by atoms with Gasteiger partial charge in [0.2, 0.25) is 0 Å². The first kappa shape index (κ1) is 12.3. The Hall–Kier alpha value is -1.14. The van der Waals surface area contributed by atoms with E-state index in [0.717, 1.165) is 22.4 Å². The fraction of sp³-hybridized carbons (Fsp3) is 0.455. The smallest absolute Gasteiger partial charge is 0.143 e. The fourth-order valence-corrected chi connectivity index (χ4v) is 2.50. The number of aryl methyl sites for hydroxylation is 1. The zero-order valence-corrected chi connectivity index (χ0v) is 11.2. The van der Waals surface area contributed by atoms with E-state index in [-0.39, 0.29) is 11.9 Å². The lowest BCUT2D eigenvalue weighted by molar-refractivity contribution is 0.0823. The molecule has 6 heteroatoms. The number of nitrogens with one attached hydrogen (secondary N) is 1. The van der Waals surface area contributed by atoms with Crippen molar-refractivity contribution in [2.24, 2.45) is 5.73 Å². The molecule has 92 valence electrons. The normalized spacial score (nSPS) is 20.4. The molecule has 1 atom stereocenters. The summed E-state index contributed by atoms with van der Waals surface area (Å²) in [5.74, 6) is 0.947. The van der Waals surface area contributed by atoms with Gasteiger partial charge in [0.1, 0.15) is 17.8 Å². The lowest BCUT2D eigenvalue weighted by atomic mass is 10.2. The van der Waals surface area contributed by atoms with E-state index in [9.17, 15) is 0 Å². The van der Waals surface area contributed by atoms with Crippen LogP contribution in [-0.4, -0.2) is 36.6 Å². The number of pyridine rings is 1. The summed E-state index contributed by atoms with van der Waals surface area (Å²) >= 11 is 3.51. The molecule has 0 spiro atoms. The second-order valence-electron chi connectivity index (χ2n) is 4.08. The minimum atomic E-state index is -0.334. The predicted octanol–water partition coefficient (Wildman–Crippen LogP) is 1.29. The van der Waals surface area contributed by atoms with Gasteiger partial charge in [-0.15, -0.1) is 0 Å².